The van der Waals surface area contributed by atoms with Crippen LogP contribution in [0, 0.1) is 0 Å². The van der Waals surface area contributed by atoms with Crippen molar-refractivity contribution < 1.29 is 0 Å². The van der Waals surface area contributed by atoms with Gasteiger partial charge in [-0.3, -0.25) is 9.67 Å². The first-order valence-corrected chi connectivity index (χ1v) is 7.03. The SMILES string of the molecule is Brc1cc(Br)n(Cc2ccc3ncccc3c2)n1. The van der Waals surface area contributed by atoms with E-state index in [9.17, 15) is 0 Å². The van der Waals surface area contributed by atoms with Crippen molar-refractivity contribution in [2.45, 2.75) is 6.54 Å². The van der Waals surface area contributed by atoms with Gasteiger partial charge in [-0.25, -0.2) is 0 Å². The van der Waals surface area contributed by atoms with E-state index in [1.165, 1.54) is 5.56 Å². The van der Waals surface area contributed by atoms with Crippen LogP contribution < -0.4 is 0 Å². The Morgan fingerprint density at radius 1 is 1.11 bits per heavy atom. The number of hydrogen-bond acceptors (Lipinski definition) is 2. The van der Waals surface area contributed by atoms with Crippen molar-refractivity contribution in [3.63, 3.8) is 0 Å². The first-order chi connectivity index (χ1) is 8.72. The zero-order valence-electron chi connectivity index (χ0n) is 9.35. The fraction of sp³-hybridized carbons (Fsp3) is 0.0769. The molecule has 0 aliphatic rings. The molecule has 2 aromatic heterocycles. The largest absolute Gasteiger partial charge is 0.256 e. The molecular weight excluding hydrogens is 358 g/mol. The summed E-state index contributed by atoms with van der Waals surface area (Å²) in [6.07, 6.45) is 1.81. The van der Waals surface area contributed by atoms with Crippen molar-refractivity contribution >= 4 is 42.8 Å². The third-order valence-corrected chi connectivity index (χ3v) is 3.73. The molecule has 1 aromatic carbocycles. The molecule has 0 spiro atoms. The molecule has 3 nitrogen and oxygen atoms in total. The van der Waals surface area contributed by atoms with Gasteiger partial charge in [-0.2, -0.15) is 5.10 Å². The van der Waals surface area contributed by atoms with E-state index < -0.39 is 0 Å². The highest BCUT2D eigenvalue weighted by Gasteiger charge is 2.04. The summed E-state index contributed by atoms with van der Waals surface area (Å²) in [6.45, 7) is 0.733. The highest BCUT2D eigenvalue weighted by molar-refractivity contribution is 9.11. The molecule has 0 saturated heterocycles. The van der Waals surface area contributed by atoms with Crippen LogP contribution in [0.4, 0.5) is 0 Å². The first kappa shape index (κ1) is 11.9. The maximum atomic E-state index is 4.36. The molecule has 0 radical (unpaired) electrons. The summed E-state index contributed by atoms with van der Waals surface area (Å²) in [4.78, 5) is 4.31. The lowest BCUT2D eigenvalue weighted by molar-refractivity contribution is 0.667. The molecule has 5 heteroatoms. The van der Waals surface area contributed by atoms with E-state index in [4.69, 9.17) is 0 Å². The Kier molecular flexibility index (Phi) is 3.18. The second-order valence-corrected chi connectivity index (χ2v) is 5.60. The molecule has 0 unspecified atom stereocenters. The Labute approximate surface area is 121 Å². The predicted octanol–water partition coefficient (Wildman–Crippen LogP) is 4.00. The minimum Gasteiger partial charge on any atom is -0.256 e. The Balaban J connectivity index is 1.97. The third-order valence-electron chi connectivity index (χ3n) is 2.70. The van der Waals surface area contributed by atoms with Gasteiger partial charge >= 0.3 is 0 Å². The van der Waals surface area contributed by atoms with Gasteiger partial charge in [0.2, 0.25) is 0 Å². The van der Waals surface area contributed by atoms with Crippen molar-refractivity contribution in [3.8, 4) is 0 Å². The topological polar surface area (TPSA) is 30.7 Å². The molecular formula is C13H9Br2N3. The number of aromatic nitrogens is 3. The number of pyridine rings is 1. The normalized spacial score (nSPS) is 11.0. The van der Waals surface area contributed by atoms with Crippen LogP contribution in [0.2, 0.25) is 0 Å². The van der Waals surface area contributed by atoms with Gasteiger partial charge in [0.05, 0.1) is 12.1 Å². The smallest absolute Gasteiger partial charge is 0.129 e. The average Bonchev–Trinajstić information content (AvgIpc) is 2.68. The van der Waals surface area contributed by atoms with E-state index in [0.717, 1.165) is 26.7 Å². The summed E-state index contributed by atoms with van der Waals surface area (Å²) in [5.41, 5.74) is 2.22. The van der Waals surface area contributed by atoms with Crippen LogP contribution in [0.1, 0.15) is 5.56 Å². The Hall–Kier alpha value is -1.20. The van der Waals surface area contributed by atoms with Gasteiger partial charge in [0.1, 0.15) is 9.21 Å². The standard InChI is InChI=1S/C13H9Br2N3/c14-12-7-13(15)18(17-12)8-9-3-4-11-10(6-9)2-1-5-16-11/h1-7H,8H2. The summed E-state index contributed by atoms with van der Waals surface area (Å²) in [5.74, 6) is 0. The lowest BCUT2D eigenvalue weighted by atomic mass is 10.1. The second kappa shape index (κ2) is 4.82. The summed E-state index contributed by atoms with van der Waals surface area (Å²) < 4.78 is 3.69. The summed E-state index contributed by atoms with van der Waals surface area (Å²) in [7, 11) is 0. The molecule has 90 valence electrons. The molecule has 3 aromatic rings. The number of fused-ring (bicyclic) bond motifs is 1. The molecule has 3 rings (SSSR count). The van der Waals surface area contributed by atoms with Crippen LogP contribution in [0.25, 0.3) is 10.9 Å². The molecule has 0 fully saturated rings. The van der Waals surface area contributed by atoms with Crippen LogP contribution in [0.3, 0.4) is 0 Å². The van der Waals surface area contributed by atoms with Crippen molar-refractivity contribution in [1.29, 1.82) is 0 Å². The summed E-state index contributed by atoms with van der Waals surface area (Å²) >= 11 is 6.85. The van der Waals surface area contributed by atoms with Crippen molar-refractivity contribution in [3.05, 3.63) is 57.4 Å². The first-order valence-electron chi connectivity index (χ1n) is 5.45. The Bertz CT molecular complexity index is 706. The number of rotatable bonds is 2. The molecule has 0 saturated carbocycles. The fourth-order valence-corrected chi connectivity index (χ4v) is 3.01. The highest BCUT2D eigenvalue weighted by atomic mass is 79.9. The molecule has 0 aliphatic carbocycles. The highest BCUT2D eigenvalue weighted by Crippen LogP contribution is 2.19. The summed E-state index contributed by atoms with van der Waals surface area (Å²) in [6, 6.07) is 12.2. The second-order valence-electron chi connectivity index (χ2n) is 3.98. The molecule has 0 atom stereocenters. The Morgan fingerprint density at radius 2 is 2.00 bits per heavy atom. The molecule has 0 N–H and O–H groups in total. The van der Waals surface area contributed by atoms with E-state index in [1.807, 2.05) is 29.1 Å². The fourth-order valence-electron chi connectivity index (χ4n) is 1.87. The average molecular weight is 367 g/mol. The monoisotopic (exact) mass is 365 g/mol. The molecule has 0 bridgehead atoms. The lowest BCUT2D eigenvalue weighted by Crippen LogP contribution is -2.01. The zero-order chi connectivity index (χ0) is 12.5. The van der Waals surface area contributed by atoms with Crippen LogP contribution in [-0.4, -0.2) is 14.8 Å². The van der Waals surface area contributed by atoms with Gasteiger partial charge in [-0.05, 0) is 55.6 Å². The minimum atomic E-state index is 0.733. The van der Waals surface area contributed by atoms with Gasteiger partial charge < -0.3 is 0 Å². The maximum absolute atomic E-state index is 4.36. The van der Waals surface area contributed by atoms with Gasteiger partial charge in [-0.15, -0.1) is 0 Å². The maximum Gasteiger partial charge on any atom is 0.129 e. The van der Waals surface area contributed by atoms with Crippen molar-refractivity contribution in [1.82, 2.24) is 14.8 Å². The van der Waals surface area contributed by atoms with E-state index in [0.29, 0.717) is 0 Å². The van der Waals surface area contributed by atoms with Gasteiger partial charge in [0.15, 0.2) is 0 Å². The van der Waals surface area contributed by atoms with Crippen LogP contribution in [0.15, 0.2) is 51.8 Å². The van der Waals surface area contributed by atoms with Crippen LogP contribution in [0.5, 0.6) is 0 Å². The number of hydrogen-bond donors (Lipinski definition) is 0. The molecule has 2 heterocycles. The van der Waals surface area contributed by atoms with E-state index in [-0.39, 0.29) is 0 Å². The third kappa shape index (κ3) is 2.33. The van der Waals surface area contributed by atoms with Gasteiger partial charge in [0, 0.05) is 17.6 Å². The van der Waals surface area contributed by atoms with E-state index in [1.54, 1.807) is 0 Å². The number of halogens is 2. The summed E-state index contributed by atoms with van der Waals surface area (Å²) in [5, 5.41) is 5.51. The van der Waals surface area contributed by atoms with Crippen molar-refractivity contribution in [2.24, 2.45) is 0 Å². The minimum absolute atomic E-state index is 0.733. The molecule has 18 heavy (non-hydrogen) atoms. The van der Waals surface area contributed by atoms with Gasteiger partial charge in [-0.1, -0.05) is 12.1 Å². The van der Waals surface area contributed by atoms with Gasteiger partial charge in [0.25, 0.3) is 0 Å². The molecule has 0 aliphatic heterocycles. The van der Waals surface area contributed by atoms with Crippen molar-refractivity contribution in [2.75, 3.05) is 0 Å². The Morgan fingerprint density at radius 3 is 2.78 bits per heavy atom. The number of nitrogens with zero attached hydrogens (tertiary/aromatic N) is 3. The molecule has 0 amide bonds. The van der Waals surface area contributed by atoms with Crippen LogP contribution in [-0.2, 0) is 6.54 Å². The number of benzene rings is 1. The predicted molar refractivity (Wildman–Crippen MR) is 78.5 cm³/mol. The van der Waals surface area contributed by atoms with E-state index in [2.05, 4.69) is 60.1 Å². The quantitative estimate of drug-likeness (QED) is 0.686. The van der Waals surface area contributed by atoms with Crippen LogP contribution >= 0.6 is 31.9 Å². The zero-order valence-corrected chi connectivity index (χ0v) is 12.5. The van der Waals surface area contributed by atoms with E-state index >= 15 is 0 Å². The lowest BCUT2D eigenvalue weighted by Gasteiger charge is -2.05.